The van der Waals surface area contributed by atoms with Gasteiger partial charge in [-0.15, -0.1) is 0 Å². The summed E-state index contributed by atoms with van der Waals surface area (Å²) >= 11 is 1.21. The van der Waals surface area contributed by atoms with Crippen LogP contribution in [0, 0.1) is 6.92 Å². The molecule has 0 saturated carbocycles. The number of ether oxygens (including phenoxy) is 1. The Morgan fingerprint density at radius 2 is 2.09 bits per heavy atom. The standard InChI is InChI=1S/C23H26N4O4S/c1-14-20(32-23(25-14)26-15(2)28)22(29)27-10-4-5-17(13-27)21-24-12-19(31-21)11-16-6-8-18(30-3)9-7-16/h6-9,12,17H,4-5,10-11,13H2,1-3H3,(H,25,26,28). The molecule has 1 atom stereocenters. The molecular formula is C23H26N4O4S. The topological polar surface area (TPSA) is 97.6 Å². The van der Waals surface area contributed by atoms with Crippen molar-refractivity contribution >= 4 is 28.3 Å². The van der Waals surface area contributed by atoms with Crippen LogP contribution >= 0.6 is 11.3 Å². The number of hydrogen-bond donors (Lipinski definition) is 1. The molecule has 1 unspecified atom stereocenters. The second kappa shape index (κ2) is 9.52. The predicted octanol–water partition coefficient (Wildman–Crippen LogP) is 4.02. The molecule has 9 heteroatoms. The van der Waals surface area contributed by atoms with E-state index >= 15 is 0 Å². The Morgan fingerprint density at radius 1 is 1.31 bits per heavy atom. The van der Waals surface area contributed by atoms with Crippen LogP contribution in [-0.4, -0.2) is 46.9 Å². The zero-order chi connectivity index (χ0) is 22.7. The number of benzene rings is 1. The molecule has 4 rings (SSSR count). The Kier molecular flexibility index (Phi) is 6.55. The van der Waals surface area contributed by atoms with Crippen molar-refractivity contribution in [1.82, 2.24) is 14.9 Å². The Hall–Kier alpha value is -3.20. The molecule has 1 aliphatic rings. The van der Waals surface area contributed by atoms with E-state index in [0.29, 0.717) is 41.1 Å². The van der Waals surface area contributed by atoms with E-state index in [1.54, 1.807) is 20.2 Å². The molecule has 2 amide bonds. The molecule has 3 heterocycles. The molecule has 2 aromatic heterocycles. The lowest BCUT2D eigenvalue weighted by molar-refractivity contribution is -0.114. The number of thiazole rings is 1. The first-order valence-corrected chi connectivity index (χ1v) is 11.4. The van der Waals surface area contributed by atoms with E-state index in [1.165, 1.54) is 18.3 Å². The number of anilines is 1. The van der Waals surface area contributed by atoms with Crippen LogP contribution in [0.1, 0.15) is 58.3 Å². The van der Waals surface area contributed by atoms with E-state index in [9.17, 15) is 9.59 Å². The number of nitrogens with zero attached hydrogens (tertiary/aromatic N) is 3. The number of likely N-dealkylation sites (tertiary alicyclic amines) is 1. The van der Waals surface area contributed by atoms with Gasteiger partial charge in [0.25, 0.3) is 5.91 Å². The zero-order valence-electron chi connectivity index (χ0n) is 18.4. The largest absolute Gasteiger partial charge is 0.497 e. The van der Waals surface area contributed by atoms with Crippen molar-refractivity contribution in [3.05, 3.63) is 58.2 Å². The van der Waals surface area contributed by atoms with E-state index in [2.05, 4.69) is 15.3 Å². The highest BCUT2D eigenvalue weighted by molar-refractivity contribution is 7.17. The van der Waals surface area contributed by atoms with Crippen LogP contribution in [0.5, 0.6) is 5.75 Å². The maximum Gasteiger partial charge on any atom is 0.265 e. The fourth-order valence-corrected chi connectivity index (χ4v) is 4.82. The second-order valence-corrected chi connectivity index (χ2v) is 8.89. The zero-order valence-corrected chi connectivity index (χ0v) is 19.2. The van der Waals surface area contributed by atoms with E-state index in [0.717, 1.165) is 29.9 Å². The summed E-state index contributed by atoms with van der Waals surface area (Å²) in [7, 11) is 1.65. The summed E-state index contributed by atoms with van der Waals surface area (Å²) in [6, 6.07) is 7.87. The van der Waals surface area contributed by atoms with Crippen LogP contribution < -0.4 is 10.1 Å². The number of aromatic nitrogens is 2. The van der Waals surface area contributed by atoms with Crippen molar-refractivity contribution in [2.75, 3.05) is 25.5 Å². The summed E-state index contributed by atoms with van der Waals surface area (Å²) in [5.41, 5.74) is 1.74. The Labute approximate surface area is 190 Å². The van der Waals surface area contributed by atoms with Crippen molar-refractivity contribution in [2.24, 2.45) is 0 Å². The number of rotatable bonds is 6. The van der Waals surface area contributed by atoms with Crippen molar-refractivity contribution in [1.29, 1.82) is 0 Å². The summed E-state index contributed by atoms with van der Waals surface area (Å²) in [4.78, 5) is 35.6. The molecule has 1 aromatic carbocycles. The molecule has 1 saturated heterocycles. The van der Waals surface area contributed by atoms with Crippen LogP contribution in [0.3, 0.4) is 0 Å². The Balaban J connectivity index is 1.42. The minimum Gasteiger partial charge on any atom is -0.497 e. The van der Waals surface area contributed by atoms with E-state index < -0.39 is 0 Å². The van der Waals surface area contributed by atoms with E-state index in [-0.39, 0.29) is 17.7 Å². The van der Waals surface area contributed by atoms with Gasteiger partial charge in [-0.2, -0.15) is 0 Å². The lowest BCUT2D eigenvalue weighted by Crippen LogP contribution is -2.39. The number of aryl methyl sites for hydroxylation is 1. The summed E-state index contributed by atoms with van der Waals surface area (Å²) in [5.74, 6) is 2.08. The first-order chi connectivity index (χ1) is 15.4. The quantitative estimate of drug-likeness (QED) is 0.604. The minimum atomic E-state index is -0.204. The highest BCUT2D eigenvalue weighted by Crippen LogP contribution is 2.30. The highest BCUT2D eigenvalue weighted by atomic mass is 32.1. The number of carbonyl (C=O) groups is 2. The molecule has 0 aliphatic carbocycles. The molecular weight excluding hydrogens is 428 g/mol. The van der Waals surface area contributed by atoms with Gasteiger partial charge in [0.2, 0.25) is 5.91 Å². The van der Waals surface area contributed by atoms with Crippen molar-refractivity contribution in [3.63, 3.8) is 0 Å². The lowest BCUT2D eigenvalue weighted by Gasteiger charge is -2.31. The Bertz CT molecular complexity index is 1110. The summed E-state index contributed by atoms with van der Waals surface area (Å²) in [6.07, 6.45) is 4.22. The number of oxazole rings is 1. The predicted molar refractivity (Wildman–Crippen MR) is 121 cm³/mol. The maximum atomic E-state index is 13.1. The van der Waals surface area contributed by atoms with Crippen LogP contribution in [0.2, 0.25) is 0 Å². The van der Waals surface area contributed by atoms with Gasteiger partial charge in [0.15, 0.2) is 11.0 Å². The summed E-state index contributed by atoms with van der Waals surface area (Å²) in [5, 5.41) is 3.10. The molecule has 8 nitrogen and oxygen atoms in total. The molecule has 3 aromatic rings. The van der Waals surface area contributed by atoms with Crippen LogP contribution in [0.15, 0.2) is 34.9 Å². The monoisotopic (exact) mass is 454 g/mol. The highest BCUT2D eigenvalue weighted by Gasteiger charge is 2.30. The third-order valence-electron chi connectivity index (χ3n) is 5.44. The number of nitrogens with one attached hydrogen (secondary N) is 1. The number of piperidine rings is 1. The molecule has 0 radical (unpaired) electrons. The molecule has 1 aliphatic heterocycles. The first-order valence-electron chi connectivity index (χ1n) is 10.5. The van der Waals surface area contributed by atoms with Crippen molar-refractivity contribution < 1.29 is 18.7 Å². The van der Waals surface area contributed by atoms with E-state index in [1.807, 2.05) is 29.2 Å². The lowest BCUT2D eigenvalue weighted by atomic mass is 9.98. The molecule has 1 fully saturated rings. The van der Waals surface area contributed by atoms with Gasteiger partial charge in [-0.1, -0.05) is 23.5 Å². The Morgan fingerprint density at radius 3 is 2.81 bits per heavy atom. The van der Waals surface area contributed by atoms with Gasteiger partial charge in [-0.25, -0.2) is 9.97 Å². The van der Waals surface area contributed by atoms with Gasteiger partial charge in [0.1, 0.15) is 16.4 Å². The van der Waals surface area contributed by atoms with Gasteiger partial charge < -0.3 is 19.4 Å². The molecule has 1 N–H and O–H groups in total. The number of hydrogen-bond acceptors (Lipinski definition) is 7. The second-order valence-electron chi connectivity index (χ2n) is 7.89. The molecule has 0 spiro atoms. The molecule has 0 bridgehead atoms. The number of amides is 2. The van der Waals surface area contributed by atoms with Gasteiger partial charge >= 0.3 is 0 Å². The smallest absolute Gasteiger partial charge is 0.265 e. The van der Waals surface area contributed by atoms with Gasteiger partial charge in [-0.3, -0.25) is 9.59 Å². The third-order valence-corrected chi connectivity index (χ3v) is 6.50. The average molecular weight is 455 g/mol. The molecule has 168 valence electrons. The fourth-order valence-electron chi connectivity index (χ4n) is 3.84. The van der Waals surface area contributed by atoms with Crippen LogP contribution in [-0.2, 0) is 11.2 Å². The summed E-state index contributed by atoms with van der Waals surface area (Å²) < 4.78 is 11.3. The van der Waals surface area contributed by atoms with Crippen molar-refractivity contribution in [3.8, 4) is 5.75 Å². The fraction of sp³-hybridized carbons (Fsp3) is 0.391. The van der Waals surface area contributed by atoms with Gasteiger partial charge in [-0.05, 0) is 37.5 Å². The van der Waals surface area contributed by atoms with Crippen molar-refractivity contribution in [2.45, 2.75) is 39.0 Å². The van der Waals surface area contributed by atoms with Gasteiger partial charge in [0, 0.05) is 26.4 Å². The average Bonchev–Trinajstić information content (AvgIpc) is 3.40. The number of methoxy groups -OCH3 is 1. The molecule has 32 heavy (non-hydrogen) atoms. The number of carbonyl (C=O) groups excluding carboxylic acids is 2. The summed E-state index contributed by atoms with van der Waals surface area (Å²) in [6.45, 7) is 4.44. The minimum absolute atomic E-state index is 0.0559. The van der Waals surface area contributed by atoms with E-state index in [4.69, 9.17) is 9.15 Å². The van der Waals surface area contributed by atoms with Crippen LogP contribution in [0.25, 0.3) is 0 Å². The SMILES string of the molecule is COc1ccc(Cc2cnc(C3CCCN(C(=O)c4sc(NC(C)=O)nc4C)C3)o2)cc1. The van der Waals surface area contributed by atoms with Gasteiger partial charge in [0.05, 0.1) is 24.9 Å². The van der Waals surface area contributed by atoms with Crippen LogP contribution in [0.4, 0.5) is 5.13 Å². The third kappa shape index (κ3) is 4.99. The first kappa shape index (κ1) is 22.0. The normalized spacial score (nSPS) is 16.1. The maximum absolute atomic E-state index is 13.1.